The van der Waals surface area contributed by atoms with Gasteiger partial charge in [-0.3, -0.25) is 9.28 Å². The molecule has 1 aromatic rings. The first-order valence-corrected chi connectivity index (χ1v) is 12.7. The van der Waals surface area contributed by atoms with Gasteiger partial charge in [0.05, 0.1) is 26.2 Å². The van der Waals surface area contributed by atoms with Crippen LogP contribution in [0, 0.1) is 17.8 Å². The number of carboxylic acids is 2. The SMILES string of the molecule is C[N+]1(/C(=C/C(=O)O)C(=O)[O-])CCN(C(=O)COc2ccc(C34CC5CC(CC(C5)C3)C4)cc2)CC1. The second-order valence-corrected chi connectivity index (χ2v) is 11.4. The second kappa shape index (κ2) is 8.97. The highest BCUT2D eigenvalue weighted by Crippen LogP contribution is 2.60. The summed E-state index contributed by atoms with van der Waals surface area (Å²) in [4.78, 5) is 36.8. The molecule has 1 saturated heterocycles. The van der Waals surface area contributed by atoms with Gasteiger partial charge in [0, 0.05) is 0 Å². The lowest BCUT2D eigenvalue weighted by atomic mass is 9.48. The molecule has 35 heavy (non-hydrogen) atoms. The second-order valence-electron chi connectivity index (χ2n) is 11.4. The molecular formula is C27H34N2O6. The summed E-state index contributed by atoms with van der Waals surface area (Å²) >= 11 is 0. The van der Waals surface area contributed by atoms with Gasteiger partial charge in [-0.05, 0) is 79.4 Å². The first-order valence-electron chi connectivity index (χ1n) is 12.7. The Balaban J connectivity index is 1.15. The van der Waals surface area contributed by atoms with Crippen LogP contribution in [0.1, 0.15) is 44.1 Å². The van der Waals surface area contributed by atoms with Crippen LogP contribution in [-0.4, -0.2) is 72.2 Å². The minimum Gasteiger partial charge on any atom is -0.540 e. The van der Waals surface area contributed by atoms with Crippen LogP contribution in [0.15, 0.2) is 36.0 Å². The van der Waals surface area contributed by atoms with E-state index in [1.807, 2.05) is 12.1 Å². The molecule has 1 aromatic carbocycles. The van der Waals surface area contributed by atoms with Crippen LogP contribution in [0.5, 0.6) is 5.75 Å². The molecule has 0 radical (unpaired) electrons. The highest BCUT2D eigenvalue weighted by Gasteiger charge is 2.51. The quantitative estimate of drug-likeness (QED) is 0.467. The van der Waals surface area contributed by atoms with E-state index in [0.29, 0.717) is 43.4 Å². The number of hydrogen-bond acceptors (Lipinski definition) is 5. The highest BCUT2D eigenvalue weighted by atomic mass is 16.5. The summed E-state index contributed by atoms with van der Waals surface area (Å²) in [6.07, 6.45) is 8.87. The van der Waals surface area contributed by atoms with Crippen molar-refractivity contribution in [3.05, 3.63) is 41.6 Å². The molecule has 1 aliphatic heterocycles. The van der Waals surface area contributed by atoms with Gasteiger partial charge in [0.15, 0.2) is 12.3 Å². The van der Waals surface area contributed by atoms with Crippen LogP contribution in [0.25, 0.3) is 0 Å². The molecule has 1 heterocycles. The van der Waals surface area contributed by atoms with Crippen LogP contribution in [0.4, 0.5) is 0 Å². The number of benzene rings is 1. The average molecular weight is 483 g/mol. The number of aliphatic carboxylic acids is 2. The van der Waals surface area contributed by atoms with Gasteiger partial charge in [-0.1, -0.05) is 12.1 Å². The van der Waals surface area contributed by atoms with Gasteiger partial charge in [-0.15, -0.1) is 0 Å². The lowest BCUT2D eigenvalue weighted by Gasteiger charge is -2.57. The molecule has 8 heteroatoms. The average Bonchev–Trinajstić information content (AvgIpc) is 2.80. The number of likely N-dealkylation sites (N-methyl/N-ethyl adjacent to an activating group) is 1. The van der Waals surface area contributed by atoms with Crippen LogP contribution in [-0.2, 0) is 19.8 Å². The first kappa shape index (κ1) is 23.9. The molecule has 5 fully saturated rings. The maximum absolute atomic E-state index is 12.7. The molecule has 5 aliphatic rings. The third-order valence-corrected chi connectivity index (χ3v) is 9.00. The third-order valence-electron chi connectivity index (χ3n) is 9.00. The molecule has 1 N–H and O–H groups in total. The topological polar surface area (TPSA) is 107 Å². The van der Waals surface area contributed by atoms with Crippen LogP contribution >= 0.6 is 0 Å². The van der Waals surface area contributed by atoms with Crippen molar-refractivity contribution in [2.45, 2.75) is 43.9 Å². The molecule has 0 atom stereocenters. The molecule has 6 rings (SSSR count). The predicted molar refractivity (Wildman–Crippen MR) is 125 cm³/mol. The van der Waals surface area contributed by atoms with Gasteiger partial charge in [0.1, 0.15) is 24.8 Å². The summed E-state index contributed by atoms with van der Waals surface area (Å²) in [5, 5.41) is 20.4. The Morgan fingerprint density at radius 2 is 1.60 bits per heavy atom. The van der Waals surface area contributed by atoms with Crippen LogP contribution in [0.2, 0.25) is 0 Å². The Bertz CT molecular complexity index is 1000. The van der Waals surface area contributed by atoms with Gasteiger partial charge in [0.2, 0.25) is 0 Å². The normalized spacial score (nSPS) is 31.3. The number of nitrogens with zero attached hydrogens (tertiary/aromatic N) is 2. The number of carboxylic acid groups (broad SMARTS) is 2. The van der Waals surface area contributed by atoms with E-state index in [1.165, 1.54) is 44.1 Å². The van der Waals surface area contributed by atoms with Gasteiger partial charge >= 0.3 is 5.97 Å². The van der Waals surface area contributed by atoms with Crippen molar-refractivity contribution in [1.29, 1.82) is 0 Å². The Labute approximate surface area is 205 Å². The fourth-order valence-corrected chi connectivity index (χ4v) is 7.55. The van der Waals surface area contributed by atoms with Gasteiger partial charge < -0.3 is 24.6 Å². The van der Waals surface area contributed by atoms with Crippen molar-refractivity contribution in [3.63, 3.8) is 0 Å². The zero-order valence-corrected chi connectivity index (χ0v) is 20.3. The minimum absolute atomic E-state index is 0.0846. The molecule has 0 aromatic heterocycles. The van der Waals surface area contributed by atoms with Gasteiger partial charge in [0.25, 0.3) is 5.91 Å². The maximum atomic E-state index is 12.7. The molecule has 0 unspecified atom stereocenters. The summed E-state index contributed by atoms with van der Waals surface area (Å²) in [7, 11) is 1.65. The molecule has 4 bridgehead atoms. The number of quaternary nitrogens is 1. The van der Waals surface area contributed by atoms with Crippen molar-refractivity contribution in [2.75, 3.05) is 39.8 Å². The van der Waals surface area contributed by atoms with Crippen molar-refractivity contribution in [2.24, 2.45) is 17.8 Å². The minimum atomic E-state index is -1.50. The Hall–Kier alpha value is -2.87. The van der Waals surface area contributed by atoms with Crippen molar-refractivity contribution in [3.8, 4) is 5.75 Å². The van der Waals surface area contributed by atoms with E-state index in [2.05, 4.69) is 12.1 Å². The number of ether oxygens (including phenoxy) is 1. The fourth-order valence-electron chi connectivity index (χ4n) is 7.55. The standard InChI is InChI=1S/C27H34N2O6/c1-29(23(26(33)34)13-25(31)32)8-6-28(7-9-29)24(30)17-35-22-4-2-21(3-5-22)27-14-18-10-19(15-27)12-20(11-18)16-27/h2-5,13,18-20H,6-12,14-17H2,1H3,(H-,31,32,33,34)/b23-13+. The number of carbonyl (C=O) groups is 3. The van der Waals surface area contributed by atoms with E-state index in [9.17, 15) is 19.5 Å². The third kappa shape index (κ3) is 4.68. The number of carbonyl (C=O) groups excluding carboxylic acids is 2. The zero-order chi connectivity index (χ0) is 24.8. The lowest BCUT2D eigenvalue weighted by Crippen LogP contribution is -2.60. The summed E-state index contributed by atoms with van der Waals surface area (Å²) in [6.45, 7) is 1.12. The molecule has 1 amide bonds. The van der Waals surface area contributed by atoms with E-state index in [1.54, 1.807) is 11.9 Å². The lowest BCUT2D eigenvalue weighted by molar-refractivity contribution is -0.874. The monoisotopic (exact) mass is 482 g/mol. The van der Waals surface area contributed by atoms with E-state index < -0.39 is 11.9 Å². The van der Waals surface area contributed by atoms with Crippen molar-refractivity contribution >= 4 is 17.8 Å². The molecular weight excluding hydrogens is 448 g/mol. The number of hydrogen-bond donors (Lipinski definition) is 1. The number of piperazine rings is 1. The van der Waals surface area contributed by atoms with E-state index in [-0.39, 0.29) is 22.7 Å². The molecule has 4 saturated carbocycles. The Morgan fingerprint density at radius 3 is 2.09 bits per heavy atom. The number of amides is 1. The van der Waals surface area contributed by atoms with Crippen LogP contribution in [0.3, 0.4) is 0 Å². The molecule has 8 nitrogen and oxygen atoms in total. The predicted octanol–water partition coefficient (Wildman–Crippen LogP) is 1.54. The van der Waals surface area contributed by atoms with Crippen molar-refractivity contribution in [1.82, 2.24) is 4.90 Å². The molecule has 188 valence electrons. The largest absolute Gasteiger partial charge is 0.540 e. The molecule has 0 spiro atoms. The first-order chi connectivity index (χ1) is 16.7. The Kier molecular flexibility index (Phi) is 6.11. The van der Waals surface area contributed by atoms with Crippen molar-refractivity contribution < 1.29 is 33.8 Å². The summed E-state index contributed by atoms with van der Waals surface area (Å²) in [6, 6.07) is 8.34. The molecule has 4 aliphatic carbocycles. The summed E-state index contributed by atoms with van der Waals surface area (Å²) in [5.41, 5.74) is 1.46. The van der Waals surface area contributed by atoms with Gasteiger partial charge in [-0.2, -0.15) is 0 Å². The zero-order valence-electron chi connectivity index (χ0n) is 20.3. The highest BCUT2D eigenvalue weighted by molar-refractivity contribution is 5.91. The summed E-state index contributed by atoms with van der Waals surface area (Å²) < 4.78 is 5.70. The summed E-state index contributed by atoms with van der Waals surface area (Å²) in [5.74, 6) is 0.346. The Morgan fingerprint density at radius 1 is 1.06 bits per heavy atom. The van der Waals surface area contributed by atoms with Gasteiger partial charge in [-0.25, -0.2) is 4.79 Å². The number of rotatable bonds is 7. The maximum Gasteiger partial charge on any atom is 0.334 e. The smallest absolute Gasteiger partial charge is 0.334 e. The van der Waals surface area contributed by atoms with E-state index >= 15 is 0 Å². The van der Waals surface area contributed by atoms with Crippen LogP contribution < -0.4 is 9.84 Å². The van der Waals surface area contributed by atoms with E-state index in [0.717, 1.165) is 17.8 Å². The van der Waals surface area contributed by atoms with E-state index in [4.69, 9.17) is 9.84 Å². The fraction of sp³-hybridized carbons (Fsp3) is 0.593.